The third-order valence-corrected chi connectivity index (χ3v) is 3.71. The first-order valence-electron chi connectivity index (χ1n) is 6.53. The lowest BCUT2D eigenvalue weighted by molar-refractivity contribution is -0.384. The average molecular weight is 284 g/mol. The van der Waals surface area contributed by atoms with E-state index < -0.39 is 4.92 Å². The minimum absolute atomic E-state index is 0.0214. The molecule has 0 radical (unpaired) electrons. The lowest BCUT2D eigenvalue weighted by Gasteiger charge is -2.35. The summed E-state index contributed by atoms with van der Waals surface area (Å²) in [6, 6.07) is 5.11. The molecule has 1 aromatic rings. The van der Waals surface area contributed by atoms with Gasteiger partial charge in [-0.15, -0.1) is 0 Å². The van der Waals surface area contributed by atoms with Crippen LogP contribution >= 0.6 is 11.6 Å². The van der Waals surface area contributed by atoms with Gasteiger partial charge in [-0.05, 0) is 25.1 Å². The number of anilines is 1. The summed E-state index contributed by atoms with van der Waals surface area (Å²) in [6.07, 6.45) is 1.14. The standard InChI is InChI=1S/C13H18ClN3O2/c1-2-6-15-7-9-16(10-8-15)12-5-3-4-11(14)13(12)17(18)19/h3-5H,2,6-10H2,1H3. The van der Waals surface area contributed by atoms with Gasteiger partial charge < -0.3 is 4.90 Å². The second-order valence-electron chi connectivity index (χ2n) is 4.69. The highest BCUT2D eigenvalue weighted by molar-refractivity contribution is 6.33. The molecule has 2 rings (SSSR count). The van der Waals surface area contributed by atoms with E-state index in [9.17, 15) is 10.1 Å². The molecule has 0 amide bonds. The number of hydrogen-bond acceptors (Lipinski definition) is 4. The van der Waals surface area contributed by atoms with Crippen molar-refractivity contribution in [1.82, 2.24) is 4.90 Å². The number of nitro benzene ring substituents is 1. The molecular weight excluding hydrogens is 266 g/mol. The molecule has 0 aliphatic carbocycles. The van der Waals surface area contributed by atoms with Crippen LogP contribution in [0.3, 0.4) is 0 Å². The van der Waals surface area contributed by atoms with Crippen LogP contribution in [0.4, 0.5) is 11.4 Å². The van der Waals surface area contributed by atoms with Gasteiger partial charge in [0.05, 0.1) is 4.92 Å². The van der Waals surface area contributed by atoms with E-state index in [1.165, 1.54) is 0 Å². The predicted molar refractivity (Wildman–Crippen MR) is 77.1 cm³/mol. The van der Waals surface area contributed by atoms with Crippen LogP contribution in [0.5, 0.6) is 0 Å². The smallest absolute Gasteiger partial charge is 0.310 e. The van der Waals surface area contributed by atoms with Crippen molar-refractivity contribution in [2.45, 2.75) is 13.3 Å². The summed E-state index contributed by atoms with van der Waals surface area (Å²) in [7, 11) is 0. The highest BCUT2D eigenvalue weighted by Crippen LogP contribution is 2.35. The van der Waals surface area contributed by atoms with E-state index in [2.05, 4.69) is 16.7 Å². The zero-order chi connectivity index (χ0) is 13.8. The minimum atomic E-state index is -0.393. The van der Waals surface area contributed by atoms with Gasteiger partial charge in [0, 0.05) is 26.2 Å². The Morgan fingerprint density at radius 2 is 2.00 bits per heavy atom. The van der Waals surface area contributed by atoms with Crippen LogP contribution in [-0.4, -0.2) is 42.5 Å². The van der Waals surface area contributed by atoms with Crippen molar-refractivity contribution in [2.24, 2.45) is 0 Å². The summed E-state index contributed by atoms with van der Waals surface area (Å²) in [5, 5.41) is 11.3. The van der Waals surface area contributed by atoms with Crippen molar-refractivity contribution >= 4 is 23.0 Å². The maximum absolute atomic E-state index is 11.1. The predicted octanol–water partition coefficient (Wildman–Crippen LogP) is 2.78. The first kappa shape index (κ1) is 14.1. The Hall–Kier alpha value is -1.33. The molecule has 1 fully saturated rings. The molecule has 1 aliphatic heterocycles. The van der Waals surface area contributed by atoms with Crippen LogP contribution in [0.2, 0.25) is 5.02 Å². The van der Waals surface area contributed by atoms with Gasteiger partial charge in [0.15, 0.2) is 0 Å². The maximum atomic E-state index is 11.1. The number of piperazine rings is 1. The molecular formula is C13H18ClN3O2. The quantitative estimate of drug-likeness (QED) is 0.630. The van der Waals surface area contributed by atoms with Crippen molar-refractivity contribution in [3.63, 3.8) is 0 Å². The van der Waals surface area contributed by atoms with Gasteiger partial charge in [-0.1, -0.05) is 24.6 Å². The lowest BCUT2D eigenvalue weighted by atomic mass is 10.2. The number of para-hydroxylation sites is 1. The highest BCUT2D eigenvalue weighted by atomic mass is 35.5. The second kappa shape index (κ2) is 6.21. The van der Waals surface area contributed by atoms with E-state index in [1.54, 1.807) is 18.2 Å². The van der Waals surface area contributed by atoms with E-state index in [-0.39, 0.29) is 10.7 Å². The number of nitro groups is 1. The van der Waals surface area contributed by atoms with Crippen molar-refractivity contribution in [1.29, 1.82) is 0 Å². The summed E-state index contributed by atoms with van der Waals surface area (Å²) in [5.41, 5.74) is 0.654. The van der Waals surface area contributed by atoms with E-state index in [1.807, 2.05) is 0 Å². The number of rotatable bonds is 4. The molecule has 0 unspecified atom stereocenters. The molecule has 0 aromatic heterocycles. The van der Waals surface area contributed by atoms with Crippen molar-refractivity contribution in [3.8, 4) is 0 Å². The fourth-order valence-corrected chi connectivity index (χ4v) is 2.71. The number of hydrogen-bond donors (Lipinski definition) is 0. The Balaban J connectivity index is 2.15. The van der Waals surface area contributed by atoms with Crippen molar-refractivity contribution < 1.29 is 4.92 Å². The van der Waals surface area contributed by atoms with E-state index in [0.717, 1.165) is 39.1 Å². The Morgan fingerprint density at radius 3 is 2.58 bits per heavy atom. The summed E-state index contributed by atoms with van der Waals surface area (Å²) >= 11 is 5.94. The summed E-state index contributed by atoms with van der Waals surface area (Å²) < 4.78 is 0. The molecule has 1 aromatic carbocycles. The molecule has 5 nitrogen and oxygen atoms in total. The normalized spacial score (nSPS) is 16.6. The van der Waals surface area contributed by atoms with Crippen molar-refractivity contribution in [2.75, 3.05) is 37.6 Å². The van der Waals surface area contributed by atoms with E-state index in [0.29, 0.717) is 5.69 Å². The zero-order valence-electron chi connectivity index (χ0n) is 11.0. The average Bonchev–Trinajstić information content (AvgIpc) is 2.39. The van der Waals surface area contributed by atoms with Crippen LogP contribution in [0.15, 0.2) is 18.2 Å². The number of halogens is 1. The van der Waals surface area contributed by atoms with Gasteiger partial charge in [-0.3, -0.25) is 15.0 Å². The molecule has 6 heteroatoms. The molecule has 1 heterocycles. The second-order valence-corrected chi connectivity index (χ2v) is 5.10. The molecule has 0 spiro atoms. The van der Waals surface area contributed by atoms with Crippen LogP contribution in [0, 0.1) is 10.1 Å². The first-order valence-corrected chi connectivity index (χ1v) is 6.91. The first-order chi connectivity index (χ1) is 9.13. The molecule has 104 valence electrons. The van der Waals surface area contributed by atoms with Crippen LogP contribution in [0.1, 0.15) is 13.3 Å². The lowest BCUT2D eigenvalue weighted by Crippen LogP contribution is -2.46. The molecule has 0 bridgehead atoms. The summed E-state index contributed by atoms with van der Waals surface area (Å²) in [5.74, 6) is 0. The summed E-state index contributed by atoms with van der Waals surface area (Å²) in [4.78, 5) is 15.2. The number of nitrogens with zero attached hydrogens (tertiary/aromatic N) is 3. The van der Waals surface area contributed by atoms with Gasteiger partial charge in [-0.2, -0.15) is 0 Å². The third-order valence-electron chi connectivity index (χ3n) is 3.40. The van der Waals surface area contributed by atoms with Gasteiger partial charge in [0.2, 0.25) is 0 Å². The summed E-state index contributed by atoms with van der Waals surface area (Å²) in [6.45, 7) is 6.75. The van der Waals surface area contributed by atoms with Gasteiger partial charge in [0.1, 0.15) is 10.7 Å². The Labute approximate surface area is 117 Å². The largest absolute Gasteiger partial charge is 0.363 e. The van der Waals surface area contributed by atoms with Crippen LogP contribution in [0.25, 0.3) is 0 Å². The fourth-order valence-electron chi connectivity index (χ4n) is 2.47. The maximum Gasteiger partial charge on any atom is 0.310 e. The fraction of sp³-hybridized carbons (Fsp3) is 0.538. The van der Waals surface area contributed by atoms with Gasteiger partial charge >= 0.3 is 5.69 Å². The number of benzene rings is 1. The third kappa shape index (κ3) is 3.16. The highest BCUT2D eigenvalue weighted by Gasteiger charge is 2.25. The minimum Gasteiger partial charge on any atom is -0.363 e. The van der Waals surface area contributed by atoms with E-state index in [4.69, 9.17) is 11.6 Å². The SMILES string of the molecule is CCCN1CCN(c2cccc(Cl)c2[N+](=O)[O-])CC1. The Bertz CT molecular complexity index is 459. The monoisotopic (exact) mass is 283 g/mol. The topological polar surface area (TPSA) is 49.6 Å². The molecule has 0 atom stereocenters. The van der Waals surface area contributed by atoms with Crippen molar-refractivity contribution in [3.05, 3.63) is 33.3 Å². The van der Waals surface area contributed by atoms with Crippen LogP contribution < -0.4 is 4.90 Å². The molecule has 0 saturated carbocycles. The van der Waals surface area contributed by atoms with Gasteiger partial charge in [0.25, 0.3) is 0 Å². The molecule has 0 N–H and O–H groups in total. The zero-order valence-corrected chi connectivity index (χ0v) is 11.8. The molecule has 19 heavy (non-hydrogen) atoms. The Morgan fingerprint density at radius 1 is 1.32 bits per heavy atom. The molecule has 1 aliphatic rings. The van der Waals surface area contributed by atoms with Crippen LogP contribution in [-0.2, 0) is 0 Å². The van der Waals surface area contributed by atoms with E-state index >= 15 is 0 Å². The molecule has 1 saturated heterocycles. The Kier molecular flexibility index (Phi) is 4.61. The van der Waals surface area contributed by atoms with Gasteiger partial charge in [-0.25, -0.2) is 0 Å².